The van der Waals surface area contributed by atoms with Gasteiger partial charge in [-0.3, -0.25) is 14.7 Å². The van der Waals surface area contributed by atoms with Gasteiger partial charge in [-0.1, -0.05) is 0 Å². The van der Waals surface area contributed by atoms with Gasteiger partial charge in [-0.2, -0.15) is 0 Å². The lowest BCUT2D eigenvalue weighted by molar-refractivity contribution is -0.133. The number of aryl methyl sites for hydroxylation is 2. The first-order valence-electron chi connectivity index (χ1n) is 11.1. The maximum absolute atomic E-state index is 12.5. The second-order valence-electron chi connectivity index (χ2n) is 8.05. The van der Waals surface area contributed by atoms with Crippen LogP contribution >= 0.6 is 24.0 Å². The van der Waals surface area contributed by atoms with Crippen LogP contribution in [-0.2, 0) is 11.3 Å². The van der Waals surface area contributed by atoms with Gasteiger partial charge in [0.1, 0.15) is 5.82 Å². The summed E-state index contributed by atoms with van der Waals surface area (Å²) < 4.78 is 2.19. The third kappa shape index (κ3) is 7.40. The van der Waals surface area contributed by atoms with Gasteiger partial charge in [-0.25, -0.2) is 4.98 Å². The summed E-state index contributed by atoms with van der Waals surface area (Å²) in [6, 6.07) is 0. The fourth-order valence-electron chi connectivity index (χ4n) is 4.13. The van der Waals surface area contributed by atoms with Crippen LogP contribution in [0.15, 0.2) is 17.4 Å². The smallest absolute Gasteiger partial charge is 0.236 e. The van der Waals surface area contributed by atoms with Crippen molar-refractivity contribution >= 4 is 35.8 Å². The molecule has 0 atom stereocenters. The highest BCUT2D eigenvalue weighted by Gasteiger charge is 2.23. The number of aliphatic imine (C=N–C) groups is 1. The van der Waals surface area contributed by atoms with Crippen molar-refractivity contribution in [2.75, 3.05) is 59.4 Å². The molecular formula is C21H38IN7O. The van der Waals surface area contributed by atoms with Crippen LogP contribution in [0.3, 0.4) is 0 Å². The van der Waals surface area contributed by atoms with Gasteiger partial charge in [-0.05, 0) is 39.0 Å². The lowest BCUT2D eigenvalue weighted by atomic mass is 10.1. The van der Waals surface area contributed by atoms with Crippen LogP contribution in [-0.4, -0.2) is 95.5 Å². The molecule has 30 heavy (non-hydrogen) atoms. The normalized spacial score (nSPS) is 18.3. The molecule has 0 spiro atoms. The van der Waals surface area contributed by atoms with Gasteiger partial charge in [0.2, 0.25) is 5.91 Å². The zero-order chi connectivity index (χ0) is 20.5. The number of aromatic nitrogens is 2. The van der Waals surface area contributed by atoms with E-state index >= 15 is 0 Å². The molecule has 0 bridgehead atoms. The molecule has 170 valence electrons. The number of carbonyl (C=O) groups excluding carboxylic acids is 1. The van der Waals surface area contributed by atoms with Crippen LogP contribution in [0.1, 0.15) is 37.9 Å². The molecule has 2 saturated heterocycles. The van der Waals surface area contributed by atoms with Crippen molar-refractivity contribution in [1.29, 1.82) is 0 Å². The molecule has 9 heteroatoms. The summed E-state index contributed by atoms with van der Waals surface area (Å²) in [4.78, 5) is 27.8. The second kappa shape index (κ2) is 13.1. The van der Waals surface area contributed by atoms with Gasteiger partial charge in [0.15, 0.2) is 5.96 Å². The van der Waals surface area contributed by atoms with E-state index in [0.717, 1.165) is 89.8 Å². The van der Waals surface area contributed by atoms with Gasteiger partial charge in [0.05, 0.1) is 6.54 Å². The van der Waals surface area contributed by atoms with Crippen molar-refractivity contribution in [3.63, 3.8) is 0 Å². The summed E-state index contributed by atoms with van der Waals surface area (Å²) in [5.41, 5.74) is 0. The van der Waals surface area contributed by atoms with E-state index in [0.29, 0.717) is 12.5 Å². The number of amides is 1. The van der Waals surface area contributed by atoms with Gasteiger partial charge in [0.25, 0.3) is 0 Å². The number of imidazole rings is 1. The zero-order valence-electron chi connectivity index (χ0n) is 18.6. The number of piperidine rings is 1. The van der Waals surface area contributed by atoms with E-state index in [2.05, 4.69) is 29.7 Å². The minimum atomic E-state index is 0. The number of rotatable bonds is 7. The summed E-state index contributed by atoms with van der Waals surface area (Å²) in [6.45, 7) is 10.1. The third-order valence-electron chi connectivity index (χ3n) is 5.98. The Kier molecular flexibility index (Phi) is 10.9. The molecule has 0 radical (unpaired) electrons. The van der Waals surface area contributed by atoms with Crippen molar-refractivity contribution in [3.8, 4) is 0 Å². The van der Waals surface area contributed by atoms with Gasteiger partial charge in [0, 0.05) is 71.8 Å². The summed E-state index contributed by atoms with van der Waals surface area (Å²) in [7, 11) is 1.85. The third-order valence-corrected chi connectivity index (χ3v) is 5.98. The van der Waals surface area contributed by atoms with Crippen molar-refractivity contribution in [2.24, 2.45) is 4.99 Å². The zero-order valence-corrected chi connectivity index (χ0v) is 20.9. The Hall–Kier alpha value is -1.36. The first kappa shape index (κ1) is 24.9. The average molecular weight is 531 g/mol. The molecule has 1 aromatic rings. The lowest BCUT2D eigenvalue weighted by Gasteiger charge is -2.37. The second-order valence-corrected chi connectivity index (χ2v) is 8.05. The quantitative estimate of drug-likeness (QED) is 0.252. The Morgan fingerprint density at radius 2 is 1.80 bits per heavy atom. The predicted molar refractivity (Wildman–Crippen MR) is 131 cm³/mol. The molecule has 8 nitrogen and oxygen atoms in total. The summed E-state index contributed by atoms with van der Waals surface area (Å²) in [5, 5.41) is 3.50. The lowest BCUT2D eigenvalue weighted by Crippen LogP contribution is -2.54. The van der Waals surface area contributed by atoms with E-state index in [1.165, 1.54) is 6.42 Å². The van der Waals surface area contributed by atoms with E-state index in [9.17, 15) is 4.79 Å². The minimum Gasteiger partial charge on any atom is -0.356 e. The van der Waals surface area contributed by atoms with Gasteiger partial charge >= 0.3 is 0 Å². The van der Waals surface area contributed by atoms with Gasteiger partial charge in [-0.15, -0.1) is 24.0 Å². The Labute approximate surface area is 198 Å². The molecule has 0 unspecified atom stereocenters. The number of guanidine groups is 1. The van der Waals surface area contributed by atoms with Crippen LogP contribution in [0.5, 0.6) is 0 Å². The van der Waals surface area contributed by atoms with Crippen molar-refractivity contribution in [1.82, 2.24) is 29.6 Å². The van der Waals surface area contributed by atoms with Crippen LogP contribution in [0.2, 0.25) is 0 Å². The van der Waals surface area contributed by atoms with Crippen LogP contribution < -0.4 is 5.32 Å². The van der Waals surface area contributed by atoms with Crippen LogP contribution in [0.4, 0.5) is 0 Å². The highest BCUT2D eigenvalue weighted by Crippen LogP contribution is 2.10. The van der Waals surface area contributed by atoms with E-state index < -0.39 is 0 Å². The minimum absolute atomic E-state index is 0. The van der Waals surface area contributed by atoms with Crippen molar-refractivity contribution in [3.05, 3.63) is 18.2 Å². The standard InChI is InChI=1S/C21H37N7O.HI/c1-19-23-9-13-26(19)10-7-4-8-24-21(22-2)28-16-14-25(15-17-28)18-20(29)27-11-5-3-6-12-27;/h9,13H,3-8,10-12,14-18H2,1-2H3,(H,22,24);1H. The Balaban J connectivity index is 0.00000320. The largest absolute Gasteiger partial charge is 0.356 e. The van der Waals surface area contributed by atoms with Crippen molar-refractivity contribution < 1.29 is 4.79 Å². The molecular weight excluding hydrogens is 493 g/mol. The SMILES string of the molecule is CN=C(NCCCCn1ccnc1C)N1CCN(CC(=O)N2CCCCC2)CC1.I. The molecule has 0 saturated carbocycles. The topological polar surface area (TPSA) is 69.0 Å². The highest BCUT2D eigenvalue weighted by atomic mass is 127. The van der Waals surface area contributed by atoms with E-state index in [4.69, 9.17) is 0 Å². The molecule has 2 fully saturated rings. The Morgan fingerprint density at radius 1 is 1.07 bits per heavy atom. The summed E-state index contributed by atoms with van der Waals surface area (Å²) in [5.74, 6) is 2.35. The number of nitrogens with zero attached hydrogens (tertiary/aromatic N) is 6. The van der Waals surface area contributed by atoms with Crippen LogP contribution in [0.25, 0.3) is 0 Å². The van der Waals surface area contributed by atoms with E-state index in [1.54, 1.807) is 0 Å². The predicted octanol–water partition coefficient (Wildman–Crippen LogP) is 1.80. The number of likely N-dealkylation sites (tertiary alicyclic amines) is 1. The molecule has 2 aliphatic rings. The Morgan fingerprint density at radius 3 is 2.43 bits per heavy atom. The molecule has 1 amide bonds. The number of halogens is 1. The number of hydrogen-bond donors (Lipinski definition) is 1. The highest BCUT2D eigenvalue weighted by molar-refractivity contribution is 14.0. The molecule has 1 N–H and O–H groups in total. The fourth-order valence-corrected chi connectivity index (χ4v) is 4.13. The molecule has 2 aliphatic heterocycles. The van der Waals surface area contributed by atoms with Crippen molar-refractivity contribution in [2.45, 2.75) is 45.6 Å². The number of carbonyl (C=O) groups is 1. The average Bonchev–Trinajstić information content (AvgIpc) is 3.17. The number of unbranched alkanes of at least 4 members (excludes halogenated alkanes) is 1. The van der Waals surface area contributed by atoms with E-state index in [1.807, 2.05) is 31.3 Å². The first-order valence-corrected chi connectivity index (χ1v) is 11.1. The molecule has 1 aromatic heterocycles. The molecule has 3 heterocycles. The number of hydrogen-bond acceptors (Lipinski definition) is 4. The molecule has 3 rings (SSSR count). The maximum Gasteiger partial charge on any atom is 0.236 e. The monoisotopic (exact) mass is 531 g/mol. The summed E-state index contributed by atoms with van der Waals surface area (Å²) >= 11 is 0. The first-order chi connectivity index (χ1) is 14.2. The number of nitrogens with one attached hydrogen (secondary N) is 1. The molecule has 0 aliphatic carbocycles. The Bertz CT molecular complexity index is 664. The van der Waals surface area contributed by atoms with Crippen LogP contribution in [0, 0.1) is 6.92 Å². The fraction of sp³-hybridized carbons (Fsp3) is 0.762. The summed E-state index contributed by atoms with van der Waals surface area (Å²) in [6.07, 6.45) is 9.69. The molecule has 0 aromatic carbocycles. The van der Waals surface area contributed by atoms with E-state index in [-0.39, 0.29) is 24.0 Å². The number of piperazine rings is 1. The maximum atomic E-state index is 12.5. The van der Waals surface area contributed by atoms with Gasteiger partial charge < -0.3 is 19.7 Å².